The predicted molar refractivity (Wildman–Crippen MR) is 90.7 cm³/mol. The van der Waals surface area contributed by atoms with Crippen molar-refractivity contribution in [2.75, 3.05) is 40.4 Å². The molecule has 0 aromatic heterocycles. The lowest BCUT2D eigenvalue weighted by atomic mass is 9.73. The second kappa shape index (κ2) is 8.12. The molecule has 2 saturated heterocycles. The maximum atomic E-state index is 12.6. The van der Waals surface area contributed by atoms with Crippen molar-refractivity contribution in [3.63, 3.8) is 0 Å². The third-order valence-electron chi connectivity index (χ3n) is 5.07. The summed E-state index contributed by atoms with van der Waals surface area (Å²) in [5.41, 5.74) is -0.629. The third kappa shape index (κ3) is 4.28. The predicted octanol–water partition coefficient (Wildman–Crippen LogP) is 1.40. The molecule has 24 heavy (non-hydrogen) atoms. The number of ether oxygens (including phenoxy) is 2. The summed E-state index contributed by atoms with van der Waals surface area (Å²) in [6.45, 7) is 3.56. The maximum absolute atomic E-state index is 12.6. The molecule has 2 aliphatic heterocycles. The van der Waals surface area contributed by atoms with Gasteiger partial charge in [0.2, 0.25) is 0 Å². The summed E-state index contributed by atoms with van der Waals surface area (Å²) in [5, 5.41) is 0. The number of hydrogen-bond acceptors (Lipinski definition) is 5. The summed E-state index contributed by atoms with van der Waals surface area (Å²) >= 11 is 0. The van der Waals surface area contributed by atoms with Crippen LogP contribution in [0.1, 0.15) is 45.4 Å². The highest BCUT2D eigenvalue weighted by atomic mass is 32.2. The molecule has 1 unspecified atom stereocenters. The molecule has 0 saturated carbocycles. The molecule has 7 nitrogen and oxygen atoms in total. The van der Waals surface area contributed by atoms with Gasteiger partial charge >= 0.3 is 5.97 Å². The first-order valence-corrected chi connectivity index (χ1v) is 10.2. The van der Waals surface area contributed by atoms with Gasteiger partial charge in [-0.2, -0.15) is 17.0 Å². The molecule has 0 spiro atoms. The first kappa shape index (κ1) is 19.6. The van der Waals surface area contributed by atoms with Crippen LogP contribution in [0.4, 0.5) is 0 Å². The topological polar surface area (TPSA) is 76.1 Å². The van der Waals surface area contributed by atoms with Crippen LogP contribution in [0.25, 0.3) is 0 Å². The molecule has 0 bridgehead atoms. The lowest BCUT2D eigenvalue weighted by Gasteiger charge is -2.42. The van der Waals surface area contributed by atoms with Crippen molar-refractivity contribution in [2.24, 2.45) is 5.41 Å². The minimum Gasteiger partial charge on any atom is -0.466 e. The van der Waals surface area contributed by atoms with Gasteiger partial charge < -0.3 is 9.47 Å². The van der Waals surface area contributed by atoms with E-state index in [0.29, 0.717) is 39.0 Å². The van der Waals surface area contributed by atoms with Gasteiger partial charge in [-0.1, -0.05) is 0 Å². The summed E-state index contributed by atoms with van der Waals surface area (Å²) in [7, 11) is -0.386. The number of carbonyl (C=O) groups is 1. The SMILES string of the molecule is CCOC(=O)C1(CC2CCCCO2)CCN(S(=O)(=O)N(C)C)CC1. The monoisotopic (exact) mass is 362 g/mol. The molecule has 2 rings (SSSR count). The number of piperidine rings is 1. The summed E-state index contributed by atoms with van der Waals surface area (Å²) in [4.78, 5) is 12.6. The van der Waals surface area contributed by atoms with E-state index in [1.165, 1.54) is 22.7 Å². The Bertz CT molecular complexity index is 521. The van der Waals surface area contributed by atoms with Gasteiger partial charge in [0.15, 0.2) is 0 Å². The molecule has 8 heteroatoms. The minimum atomic E-state index is -3.44. The van der Waals surface area contributed by atoms with Gasteiger partial charge in [-0.3, -0.25) is 4.79 Å². The Morgan fingerprint density at radius 3 is 2.46 bits per heavy atom. The van der Waals surface area contributed by atoms with Gasteiger partial charge in [-0.05, 0) is 45.4 Å². The fourth-order valence-electron chi connectivity index (χ4n) is 3.56. The zero-order valence-electron chi connectivity index (χ0n) is 15.0. The van der Waals surface area contributed by atoms with Crippen molar-refractivity contribution in [1.82, 2.24) is 8.61 Å². The van der Waals surface area contributed by atoms with Gasteiger partial charge in [0.05, 0.1) is 18.1 Å². The fraction of sp³-hybridized carbons (Fsp3) is 0.938. The van der Waals surface area contributed by atoms with Crippen molar-refractivity contribution < 1.29 is 22.7 Å². The van der Waals surface area contributed by atoms with Crippen molar-refractivity contribution in [2.45, 2.75) is 51.6 Å². The molecule has 0 aromatic rings. The molecule has 2 heterocycles. The number of esters is 1. The molecule has 0 aromatic carbocycles. The third-order valence-corrected chi connectivity index (χ3v) is 7.01. The molecular weight excluding hydrogens is 332 g/mol. The molecule has 140 valence electrons. The normalized spacial score (nSPS) is 25.6. The number of hydrogen-bond donors (Lipinski definition) is 0. The highest BCUT2D eigenvalue weighted by Gasteiger charge is 2.46. The molecule has 0 amide bonds. The lowest BCUT2D eigenvalue weighted by molar-refractivity contribution is -0.162. The van der Waals surface area contributed by atoms with E-state index in [9.17, 15) is 13.2 Å². The van der Waals surface area contributed by atoms with Crippen molar-refractivity contribution in [3.05, 3.63) is 0 Å². The van der Waals surface area contributed by atoms with Crippen LogP contribution in [0.5, 0.6) is 0 Å². The quantitative estimate of drug-likeness (QED) is 0.668. The van der Waals surface area contributed by atoms with Crippen LogP contribution in [0.2, 0.25) is 0 Å². The van der Waals surface area contributed by atoms with Gasteiger partial charge in [0.1, 0.15) is 0 Å². The van der Waals surface area contributed by atoms with Gasteiger partial charge in [0, 0.05) is 33.8 Å². The second-order valence-electron chi connectivity index (χ2n) is 6.88. The Morgan fingerprint density at radius 2 is 1.96 bits per heavy atom. The number of rotatable bonds is 6. The summed E-state index contributed by atoms with van der Waals surface area (Å²) < 4.78 is 38.4. The largest absolute Gasteiger partial charge is 0.466 e. The van der Waals surface area contributed by atoms with E-state index in [2.05, 4.69) is 0 Å². The van der Waals surface area contributed by atoms with Crippen molar-refractivity contribution in [1.29, 1.82) is 0 Å². The highest BCUT2D eigenvalue weighted by molar-refractivity contribution is 7.86. The Labute approximate surface area is 145 Å². The summed E-state index contributed by atoms with van der Waals surface area (Å²) in [6.07, 6.45) is 4.81. The standard InChI is InChI=1S/C16H30N2O5S/c1-4-22-15(19)16(13-14-7-5-6-12-23-14)8-10-18(11-9-16)24(20,21)17(2)3/h14H,4-13H2,1-3H3. The second-order valence-corrected chi connectivity index (χ2v) is 9.03. The molecule has 1 atom stereocenters. The minimum absolute atomic E-state index is 0.0696. The molecule has 0 aliphatic carbocycles. The Hall–Kier alpha value is -0.700. The smallest absolute Gasteiger partial charge is 0.312 e. The van der Waals surface area contributed by atoms with Gasteiger partial charge in [-0.15, -0.1) is 0 Å². The molecule has 0 radical (unpaired) electrons. The van der Waals surface area contributed by atoms with E-state index in [-0.39, 0.29) is 12.1 Å². The molecule has 2 aliphatic rings. The average molecular weight is 362 g/mol. The van der Waals surface area contributed by atoms with Gasteiger partial charge in [-0.25, -0.2) is 0 Å². The van der Waals surface area contributed by atoms with E-state index in [4.69, 9.17) is 9.47 Å². The van der Waals surface area contributed by atoms with Crippen molar-refractivity contribution >= 4 is 16.2 Å². The average Bonchev–Trinajstić information content (AvgIpc) is 2.56. The molecular formula is C16H30N2O5S. The van der Waals surface area contributed by atoms with Crippen LogP contribution >= 0.6 is 0 Å². The van der Waals surface area contributed by atoms with E-state index < -0.39 is 15.6 Å². The summed E-state index contributed by atoms with van der Waals surface area (Å²) in [5.74, 6) is -0.207. The van der Waals surface area contributed by atoms with Crippen LogP contribution in [0.3, 0.4) is 0 Å². The van der Waals surface area contributed by atoms with Crippen molar-refractivity contribution in [3.8, 4) is 0 Å². The maximum Gasteiger partial charge on any atom is 0.312 e. The van der Waals surface area contributed by atoms with Gasteiger partial charge in [0.25, 0.3) is 10.2 Å². The van der Waals surface area contributed by atoms with Crippen LogP contribution in [-0.4, -0.2) is 69.5 Å². The number of nitrogens with zero attached hydrogens (tertiary/aromatic N) is 2. The zero-order valence-corrected chi connectivity index (χ0v) is 15.8. The molecule has 2 fully saturated rings. The van der Waals surface area contributed by atoms with E-state index >= 15 is 0 Å². The fourth-order valence-corrected chi connectivity index (χ4v) is 4.66. The van der Waals surface area contributed by atoms with Crippen LogP contribution in [0, 0.1) is 5.41 Å². The first-order valence-electron chi connectivity index (χ1n) is 8.78. The van der Waals surface area contributed by atoms with E-state index in [1.807, 2.05) is 0 Å². The Kier molecular flexibility index (Phi) is 6.64. The van der Waals surface area contributed by atoms with E-state index in [0.717, 1.165) is 25.9 Å². The first-order chi connectivity index (χ1) is 11.3. The Morgan fingerprint density at radius 1 is 1.29 bits per heavy atom. The van der Waals surface area contributed by atoms with Crippen LogP contribution < -0.4 is 0 Å². The highest BCUT2D eigenvalue weighted by Crippen LogP contribution is 2.40. The lowest BCUT2D eigenvalue weighted by Crippen LogP contribution is -2.51. The van der Waals surface area contributed by atoms with Crippen LogP contribution in [-0.2, 0) is 24.5 Å². The number of carbonyl (C=O) groups excluding carboxylic acids is 1. The molecule has 0 N–H and O–H groups in total. The van der Waals surface area contributed by atoms with E-state index in [1.54, 1.807) is 6.92 Å². The zero-order chi connectivity index (χ0) is 17.8. The Balaban J connectivity index is 2.10. The van der Waals surface area contributed by atoms with Crippen LogP contribution in [0.15, 0.2) is 0 Å². The summed E-state index contributed by atoms with van der Waals surface area (Å²) in [6, 6.07) is 0.